The molecule has 0 aliphatic carbocycles. The first-order valence-corrected chi connectivity index (χ1v) is 4.48. The molecule has 2 rings (SSSR count). The maximum absolute atomic E-state index is 12.4. The molecule has 1 aromatic rings. The van der Waals surface area contributed by atoms with Crippen LogP contribution < -0.4 is 61.6 Å². The normalized spacial score (nSPS) is 14.8. The van der Waals surface area contributed by atoms with Crippen molar-refractivity contribution in [3.8, 4) is 5.75 Å². The van der Waals surface area contributed by atoms with E-state index < -0.39 is 12.4 Å². The summed E-state index contributed by atoms with van der Waals surface area (Å²) in [6.07, 6.45) is 0.140. The van der Waals surface area contributed by atoms with Crippen molar-refractivity contribution in [2.24, 2.45) is 0 Å². The zero-order valence-electron chi connectivity index (χ0n) is 8.67. The van der Waals surface area contributed by atoms with Crippen molar-refractivity contribution in [1.29, 1.82) is 0 Å². The van der Waals surface area contributed by atoms with Crippen molar-refractivity contribution in [2.45, 2.75) is 6.42 Å². The summed E-state index contributed by atoms with van der Waals surface area (Å²) in [7, 11) is 0. The van der Waals surface area contributed by atoms with E-state index in [2.05, 4.69) is 0 Å². The minimum atomic E-state index is -5.06. The first-order chi connectivity index (χ1) is 6.98. The van der Waals surface area contributed by atoms with E-state index in [0.717, 1.165) is 12.1 Å². The Morgan fingerprint density at radius 1 is 1.25 bits per heavy atom. The van der Waals surface area contributed by atoms with Gasteiger partial charge in [0.05, 0.1) is 12.2 Å². The van der Waals surface area contributed by atoms with Crippen LogP contribution in [0, 0.1) is 0 Å². The minimum Gasteiger partial charge on any atom is -0.492 e. The Morgan fingerprint density at radius 2 is 1.94 bits per heavy atom. The van der Waals surface area contributed by atoms with Crippen molar-refractivity contribution in [2.75, 3.05) is 6.61 Å². The van der Waals surface area contributed by atoms with Gasteiger partial charge in [0.1, 0.15) is 5.75 Å². The summed E-state index contributed by atoms with van der Waals surface area (Å²) in [6.45, 7) is -4.82. The summed E-state index contributed by atoms with van der Waals surface area (Å²) >= 11 is 0. The molecule has 16 heavy (non-hydrogen) atoms. The Morgan fingerprint density at radius 3 is 2.56 bits per heavy atom. The first kappa shape index (κ1) is 14.2. The number of ketones is 1. The maximum atomic E-state index is 12.4. The molecule has 80 valence electrons. The number of fused-ring (bicyclic) bond motifs is 1. The van der Waals surface area contributed by atoms with E-state index >= 15 is 0 Å². The molecule has 1 aliphatic heterocycles. The average Bonchev–Trinajstić information content (AvgIpc) is 2.16. The average molecular weight is 254 g/mol. The number of rotatable bonds is 1. The van der Waals surface area contributed by atoms with E-state index in [1.54, 1.807) is 0 Å². The van der Waals surface area contributed by atoms with Gasteiger partial charge in [0, 0.05) is 6.42 Å². The molecule has 0 saturated carbocycles. The van der Waals surface area contributed by atoms with Crippen molar-refractivity contribution >= 4 is 18.2 Å². The van der Waals surface area contributed by atoms with Crippen LogP contribution in [-0.4, -0.2) is 19.4 Å². The monoisotopic (exact) mass is 254 g/mol. The fourth-order valence-corrected chi connectivity index (χ4v) is 1.48. The van der Waals surface area contributed by atoms with Crippen LogP contribution >= 0.6 is 0 Å². The molecule has 0 spiro atoms. The third-order valence-electron chi connectivity index (χ3n) is 2.27. The molecule has 0 N–H and O–H groups in total. The van der Waals surface area contributed by atoms with Gasteiger partial charge in [-0.3, -0.25) is 4.79 Å². The standard InChI is InChI=1S/C9H7BF3O2.K/c11-10(12,13)6-1-2-9-7(5-6)8(14)3-4-15-9;/h1-2,5H,3-4H2;/q-1;+1. The number of halogens is 3. The molecule has 1 aliphatic rings. The number of benzene rings is 1. The zero-order chi connectivity index (χ0) is 11.1. The largest absolute Gasteiger partial charge is 1.00 e. The van der Waals surface area contributed by atoms with Gasteiger partial charge < -0.3 is 17.7 Å². The van der Waals surface area contributed by atoms with Crippen LogP contribution in [-0.2, 0) is 0 Å². The molecule has 2 nitrogen and oxygen atoms in total. The zero-order valence-corrected chi connectivity index (χ0v) is 11.8. The van der Waals surface area contributed by atoms with Gasteiger partial charge >= 0.3 is 58.4 Å². The van der Waals surface area contributed by atoms with Crippen molar-refractivity contribution in [3.05, 3.63) is 23.8 Å². The third-order valence-corrected chi connectivity index (χ3v) is 2.27. The first-order valence-electron chi connectivity index (χ1n) is 4.48. The molecule has 1 heterocycles. The quantitative estimate of drug-likeness (QED) is 0.583. The van der Waals surface area contributed by atoms with E-state index in [1.807, 2.05) is 0 Å². The van der Waals surface area contributed by atoms with Crippen molar-refractivity contribution in [1.82, 2.24) is 0 Å². The summed E-state index contributed by atoms with van der Waals surface area (Å²) in [6, 6.07) is 3.02. The van der Waals surface area contributed by atoms with Crippen molar-refractivity contribution < 1.29 is 73.9 Å². The molecule has 0 amide bonds. The Bertz CT molecular complexity index is 420. The van der Waals surface area contributed by atoms with Gasteiger partial charge in [0.25, 0.3) is 0 Å². The number of ether oxygens (including phenoxy) is 1. The topological polar surface area (TPSA) is 26.3 Å². The van der Waals surface area contributed by atoms with Gasteiger partial charge in [0.15, 0.2) is 5.78 Å². The smallest absolute Gasteiger partial charge is 0.492 e. The van der Waals surface area contributed by atoms with Crippen LogP contribution in [0.5, 0.6) is 5.75 Å². The Labute approximate surface area is 133 Å². The molecule has 0 unspecified atom stereocenters. The predicted octanol–water partition coefficient (Wildman–Crippen LogP) is -1.29. The summed E-state index contributed by atoms with van der Waals surface area (Å²) in [4.78, 5) is 11.3. The fourth-order valence-electron chi connectivity index (χ4n) is 1.48. The Balaban J connectivity index is 0.00000128. The van der Waals surface area contributed by atoms with Crippen LogP contribution in [0.2, 0.25) is 0 Å². The van der Waals surface area contributed by atoms with Gasteiger partial charge in [-0.05, 0) is 6.07 Å². The molecule has 0 atom stereocenters. The van der Waals surface area contributed by atoms with E-state index in [9.17, 15) is 17.7 Å². The molecule has 0 bridgehead atoms. The van der Waals surface area contributed by atoms with Crippen LogP contribution in [0.25, 0.3) is 0 Å². The molecule has 0 radical (unpaired) electrons. The van der Waals surface area contributed by atoms with Crippen LogP contribution in [0.3, 0.4) is 0 Å². The SMILES string of the molecule is O=C1CCOc2ccc([B-](F)(F)F)cc21.[K+]. The van der Waals surface area contributed by atoms with Crippen LogP contribution in [0.15, 0.2) is 18.2 Å². The van der Waals surface area contributed by atoms with Crippen molar-refractivity contribution in [3.63, 3.8) is 0 Å². The van der Waals surface area contributed by atoms with E-state index in [0.29, 0.717) is 0 Å². The second-order valence-corrected chi connectivity index (χ2v) is 3.35. The van der Waals surface area contributed by atoms with E-state index in [4.69, 9.17) is 4.74 Å². The second-order valence-electron chi connectivity index (χ2n) is 3.35. The number of carbonyl (C=O) groups is 1. The summed E-state index contributed by atoms with van der Waals surface area (Å²) in [5.41, 5.74) is -0.717. The van der Waals surface area contributed by atoms with Gasteiger partial charge in [-0.15, -0.1) is 5.46 Å². The van der Waals surface area contributed by atoms with Gasteiger partial charge in [-0.25, -0.2) is 0 Å². The van der Waals surface area contributed by atoms with Crippen LogP contribution in [0.1, 0.15) is 16.8 Å². The number of hydrogen-bond donors (Lipinski definition) is 0. The number of carbonyl (C=O) groups excluding carboxylic acids is 1. The number of hydrogen-bond acceptors (Lipinski definition) is 2. The van der Waals surface area contributed by atoms with Gasteiger partial charge in [-0.1, -0.05) is 12.1 Å². The molecular weight excluding hydrogens is 247 g/mol. The number of Topliss-reactive ketones (excluding diaryl/α,β-unsaturated/α-hetero) is 1. The second kappa shape index (κ2) is 5.22. The maximum Gasteiger partial charge on any atom is 1.00 e. The Hall–Kier alpha value is 0.181. The Kier molecular flexibility index (Phi) is 4.65. The molecule has 0 aromatic heterocycles. The molecule has 0 saturated heterocycles. The fraction of sp³-hybridized carbons (Fsp3) is 0.222. The van der Waals surface area contributed by atoms with Crippen LogP contribution in [0.4, 0.5) is 12.9 Å². The molecule has 0 fully saturated rings. The molecule has 1 aromatic carbocycles. The van der Waals surface area contributed by atoms with E-state index in [1.165, 1.54) is 6.07 Å². The van der Waals surface area contributed by atoms with Gasteiger partial charge in [0.2, 0.25) is 0 Å². The molecular formula is C9H7BF3KO2. The van der Waals surface area contributed by atoms with E-state index in [-0.39, 0.29) is 81.5 Å². The minimum absolute atomic E-state index is 0. The molecule has 7 heteroatoms. The third kappa shape index (κ3) is 2.89. The summed E-state index contributed by atoms with van der Waals surface area (Å²) < 4.78 is 42.3. The summed E-state index contributed by atoms with van der Waals surface area (Å²) in [5, 5.41) is 0. The summed E-state index contributed by atoms with van der Waals surface area (Å²) in [5.74, 6) is -0.0480. The predicted molar refractivity (Wildman–Crippen MR) is 49.6 cm³/mol. The van der Waals surface area contributed by atoms with Gasteiger partial charge in [-0.2, -0.15) is 0 Å².